The van der Waals surface area contributed by atoms with Gasteiger partial charge in [0.15, 0.2) is 0 Å². The van der Waals surface area contributed by atoms with Crippen LogP contribution in [0.1, 0.15) is 0 Å². The van der Waals surface area contributed by atoms with Gasteiger partial charge in [0.25, 0.3) is 0 Å². The third-order valence-corrected chi connectivity index (χ3v) is 0.935. The first kappa shape index (κ1) is 8.44. The van der Waals surface area contributed by atoms with Crippen LogP contribution in [0.4, 0.5) is 4.79 Å². The minimum Gasteiger partial charge on any atom is -0.377 e. The first-order valence-electron chi connectivity index (χ1n) is 2.19. The third kappa shape index (κ3) is 3.98. The molecule has 0 fully saturated rings. The van der Waals surface area contributed by atoms with Crippen LogP contribution in [-0.2, 0) is 10.8 Å². The molecule has 0 aliphatic rings. The zero-order valence-electron chi connectivity index (χ0n) is 5.24. The molecule has 1 unspecified atom stereocenters. The Kier molecular flexibility index (Phi) is 3.25. The molecule has 0 heterocycles. The molecular formula is C2H8BN3O2S. The minimum atomic E-state index is -2.19. The number of rotatable bonds is 0. The maximum Gasteiger partial charge on any atom is 0.339 e. The Morgan fingerprint density at radius 1 is 1.89 bits per heavy atom. The van der Waals surface area contributed by atoms with Crippen molar-refractivity contribution in [1.29, 1.82) is 0 Å². The van der Waals surface area contributed by atoms with Crippen LogP contribution in [0.2, 0.25) is 0 Å². The number of carbonyl (C=O) groups is 1. The predicted molar refractivity (Wildman–Crippen MR) is 37.9 cm³/mol. The van der Waals surface area contributed by atoms with E-state index in [0.717, 1.165) is 0 Å². The molecule has 0 bridgehead atoms. The lowest BCUT2D eigenvalue weighted by Gasteiger charge is -2.02. The van der Waals surface area contributed by atoms with E-state index in [9.17, 15) is 9.00 Å². The number of nitrogens with two attached hydrogens (primary N) is 1. The van der Waals surface area contributed by atoms with Crippen LogP contribution in [0.5, 0.6) is 0 Å². The van der Waals surface area contributed by atoms with E-state index in [1.807, 2.05) is 0 Å². The monoisotopic (exact) mass is 149 g/mol. The number of carbonyl (C=O) groups excluding carboxylic acids is 1. The molecule has 52 valence electrons. The highest BCUT2D eigenvalue weighted by Gasteiger charge is 1.97. The van der Waals surface area contributed by atoms with Gasteiger partial charge in [-0.2, -0.15) is 0 Å². The van der Waals surface area contributed by atoms with Crippen molar-refractivity contribution in [3.05, 3.63) is 0 Å². The van der Waals surface area contributed by atoms with Gasteiger partial charge in [0, 0.05) is 0 Å². The van der Waals surface area contributed by atoms with Gasteiger partial charge in [0.2, 0.25) is 7.98 Å². The van der Waals surface area contributed by atoms with Gasteiger partial charge in [0.1, 0.15) is 10.8 Å². The van der Waals surface area contributed by atoms with E-state index < -0.39 is 16.8 Å². The van der Waals surface area contributed by atoms with E-state index in [4.69, 9.17) is 5.14 Å². The number of urea groups is 1. The average molecular weight is 149 g/mol. The molecule has 2 N–H and O–H groups in total. The molecule has 1 atom stereocenters. The highest BCUT2D eigenvalue weighted by Crippen LogP contribution is 1.80. The second kappa shape index (κ2) is 3.47. The SMILES string of the molecule is BN(C)C(=O)/N=[SH](/N)=O. The molecular weight excluding hydrogens is 141 g/mol. The van der Waals surface area contributed by atoms with Crippen LogP contribution in [0.3, 0.4) is 0 Å². The van der Waals surface area contributed by atoms with Crippen LogP contribution in [0.25, 0.3) is 0 Å². The Bertz CT molecular complexity index is 184. The molecule has 0 rings (SSSR count). The molecule has 0 saturated carbocycles. The summed E-state index contributed by atoms with van der Waals surface area (Å²) in [5.74, 6) is 0. The highest BCUT2D eigenvalue weighted by molar-refractivity contribution is 7.72. The molecule has 5 nitrogen and oxygen atoms in total. The maximum absolute atomic E-state index is 10.4. The largest absolute Gasteiger partial charge is 0.377 e. The summed E-state index contributed by atoms with van der Waals surface area (Å²) in [6, 6.07) is -0.571. The number of hydrogen-bond donors (Lipinski definition) is 2. The van der Waals surface area contributed by atoms with Crippen molar-refractivity contribution in [2.75, 3.05) is 7.05 Å². The fourth-order valence-electron chi connectivity index (χ4n) is 0.174. The summed E-state index contributed by atoms with van der Waals surface area (Å²) in [4.78, 5) is 11.6. The maximum atomic E-state index is 10.4. The van der Waals surface area contributed by atoms with E-state index in [-0.39, 0.29) is 0 Å². The molecule has 0 aromatic rings. The molecule has 0 saturated heterocycles. The van der Waals surface area contributed by atoms with E-state index in [1.54, 1.807) is 0 Å². The van der Waals surface area contributed by atoms with Gasteiger partial charge in [-0.25, -0.2) is 14.1 Å². The van der Waals surface area contributed by atoms with Gasteiger partial charge < -0.3 is 4.81 Å². The van der Waals surface area contributed by atoms with Crippen molar-refractivity contribution in [1.82, 2.24) is 4.81 Å². The molecule has 0 aromatic heterocycles. The fourth-order valence-corrected chi connectivity index (χ4v) is 0.521. The van der Waals surface area contributed by atoms with Crippen molar-refractivity contribution in [2.45, 2.75) is 0 Å². The molecule has 0 aliphatic heterocycles. The quantitative estimate of drug-likeness (QED) is 0.312. The van der Waals surface area contributed by atoms with Gasteiger partial charge in [-0.1, -0.05) is 0 Å². The van der Waals surface area contributed by atoms with Gasteiger partial charge in [-0.3, -0.25) is 0 Å². The smallest absolute Gasteiger partial charge is 0.339 e. The van der Waals surface area contributed by atoms with Gasteiger partial charge >= 0.3 is 6.03 Å². The van der Waals surface area contributed by atoms with Crippen molar-refractivity contribution in [2.24, 2.45) is 9.50 Å². The molecule has 9 heavy (non-hydrogen) atoms. The fraction of sp³-hybridized carbons (Fsp3) is 0.500. The third-order valence-electron chi connectivity index (χ3n) is 0.567. The zero-order valence-corrected chi connectivity index (χ0v) is 6.13. The molecule has 0 radical (unpaired) electrons. The molecule has 0 aromatic carbocycles. The van der Waals surface area contributed by atoms with Crippen molar-refractivity contribution >= 4 is 24.8 Å². The lowest BCUT2D eigenvalue weighted by Crippen LogP contribution is -2.20. The summed E-state index contributed by atoms with van der Waals surface area (Å²) in [5.41, 5.74) is 0. The number of hydrogen-bond acceptors (Lipinski definition) is 2. The normalized spacial score (nSPS) is 13.1. The lowest BCUT2D eigenvalue weighted by molar-refractivity contribution is 0.239. The molecule has 7 heteroatoms. The topological polar surface area (TPSA) is 75.8 Å². The second-order valence-corrected chi connectivity index (χ2v) is 2.38. The van der Waals surface area contributed by atoms with Crippen LogP contribution in [0, 0.1) is 0 Å². The number of nitrogens with zero attached hydrogens (tertiary/aromatic N) is 2. The van der Waals surface area contributed by atoms with E-state index in [2.05, 4.69) is 4.36 Å². The van der Waals surface area contributed by atoms with E-state index in [0.29, 0.717) is 0 Å². The first-order chi connectivity index (χ1) is 4.04. The summed E-state index contributed by atoms with van der Waals surface area (Å²) in [6.07, 6.45) is 0. The van der Waals surface area contributed by atoms with E-state index >= 15 is 0 Å². The standard InChI is InChI=1S/C2H8BN3O2S/c1-6(3)2(7)5-9(4)8/h9H,3H2,1H3,(H2,4,5,7,8). The van der Waals surface area contributed by atoms with E-state index in [1.165, 1.54) is 19.8 Å². The summed E-state index contributed by atoms with van der Waals surface area (Å²) in [6.45, 7) is 0. The summed E-state index contributed by atoms with van der Waals surface area (Å²) in [7, 11) is 0.821. The number of amides is 2. The minimum absolute atomic E-state index is 0.571. The average Bonchev–Trinajstić information content (AvgIpc) is 1.63. The van der Waals surface area contributed by atoms with Gasteiger partial charge in [-0.05, 0) is 7.05 Å². The van der Waals surface area contributed by atoms with Crippen molar-refractivity contribution < 1.29 is 9.00 Å². The molecule has 2 amide bonds. The van der Waals surface area contributed by atoms with Crippen LogP contribution >= 0.6 is 0 Å². The zero-order chi connectivity index (χ0) is 7.44. The summed E-state index contributed by atoms with van der Waals surface area (Å²) in [5, 5.41) is 4.73. The van der Waals surface area contributed by atoms with Crippen LogP contribution in [0.15, 0.2) is 4.36 Å². The first-order valence-corrected chi connectivity index (χ1v) is 3.47. The van der Waals surface area contributed by atoms with Crippen LogP contribution in [-0.4, -0.2) is 30.1 Å². The summed E-state index contributed by atoms with van der Waals surface area (Å²) >= 11 is 0. The Hall–Kier alpha value is -0.555. The van der Waals surface area contributed by atoms with Crippen LogP contribution < -0.4 is 5.14 Å². The van der Waals surface area contributed by atoms with Gasteiger partial charge in [0.05, 0.1) is 0 Å². The summed E-state index contributed by atoms with van der Waals surface area (Å²) < 4.78 is 13.1. The van der Waals surface area contributed by atoms with Crippen molar-refractivity contribution in [3.63, 3.8) is 0 Å². The highest BCUT2D eigenvalue weighted by atomic mass is 32.2. The molecule has 0 spiro atoms. The van der Waals surface area contributed by atoms with Crippen molar-refractivity contribution in [3.8, 4) is 0 Å². The number of thiol groups is 1. The Balaban J connectivity index is 4.10. The Morgan fingerprint density at radius 2 is 2.33 bits per heavy atom. The van der Waals surface area contributed by atoms with Gasteiger partial charge in [-0.15, -0.1) is 4.36 Å². The second-order valence-electron chi connectivity index (χ2n) is 1.58. The Labute approximate surface area is 56.0 Å². The molecule has 0 aliphatic carbocycles. The lowest BCUT2D eigenvalue weighted by atomic mass is 10.4. The Morgan fingerprint density at radius 3 is 2.44 bits per heavy atom. The predicted octanol–water partition coefficient (Wildman–Crippen LogP) is -1.88.